The van der Waals surface area contributed by atoms with Crippen molar-refractivity contribution in [1.82, 2.24) is 9.97 Å². The maximum atomic E-state index is 12.9. The molecule has 2 aromatic carbocycles. The van der Waals surface area contributed by atoms with Gasteiger partial charge in [-0.3, -0.25) is 4.21 Å². The Balaban J connectivity index is 1.17. The maximum Gasteiger partial charge on any atom is 0.227 e. The molecule has 1 saturated carbocycles. The fourth-order valence-corrected chi connectivity index (χ4v) is 6.92. The van der Waals surface area contributed by atoms with Crippen LogP contribution in [0.25, 0.3) is 0 Å². The first-order valence-electron chi connectivity index (χ1n) is 13.1. The van der Waals surface area contributed by atoms with E-state index < -0.39 is 10.8 Å². The number of benzene rings is 2. The van der Waals surface area contributed by atoms with Crippen LogP contribution in [0, 0.1) is 0 Å². The number of ether oxygens (including phenoxy) is 1. The van der Waals surface area contributed by atoms with Crippen molar-refractivity contribution in [2.45, 2.75) is 49.3 Å². The third kappa shape index (κ3) is 5.47. The molecule has 9 heteroatoms. The molecule has 3 atom stereocenters. The minimum atomic E-state index is -1.07. The fraction of sp³-hybridized carbons (Fsp3) is 0.429. The first-order valence-corrected chi connectivity index (χ1v) is 14.8. The van der Waals surface area contributed by atoms with Gasteiger partial charge >= 0.3 is 0 Å². The summed E-state index contributed by atoms with van der Waals surface area (Å²) in [4.78, 5) is 15.2. The lowest BCUT2D eigenvalue weighted by Crippen LogP contribution is -2.47. The first-order chi connectivity index (χ1) is 18.1. The molecule has 3 aromatic rings. The number of aromatic nitrogens is 2. The molecular weight excluding hydrogens is 506 g/mol. The Morgan fingerprint density at radius 2 is 1.73 bits per heavy atom. The van der Waals surface area contributed by atoms with E-state index in [9.17, 15) is 4.21 Å². The minimum absolute atomic E-state index is 0.104. The Morgan fingerprint density at radius 1 is 0.973 bits per heavy atom. The Labute approximate surface area is 225 Å². The molecule has 3 heterocycles. The van der Waals surface area contributed by atoms with Crippen LogP contribution in [0.2, 0.25) is 5.02 Å². The first kappa shape index (κ1) is 24.6. The molecule has 6 rings (SSSR count). The molecule has 7 nitrogen and oxygen atoms in total. The second-order valence-electron chi connectivity index (χ2n) is 9.91. The van der Waals surface area contributed by atoms with E-state index in [0.717, 1.165) is 79.2 Å². The van der Waals surface area contributed by atoms with Crippen molar-refractivity contribution in [2.75, 3.05) is 47.0 Å². The summed E-state index contributed by atoms with van der Waals surface area (Å²) in [6.45, 7) is 4.02. The molecule has 0 radical (unpaired) electrons. The normalized spacial score (nSPS) is 23.3. The minimum Gasteiger partial charge on any atom is -0.371 e. The van der Waals surface area contributed by atoms with Crippen LogP contribution >= 0.6 is 11.6 Å². The summed E-state index contributed by atoms with van der Waals surface area (Å²) in [6, 6.07) is 18.4. The van der Waals surface area contributed by atoms with E-state index in [0.29, 0.717) is 12.4 Å². The standard InChI is InChI=1S/C28H32ClN5O2S/c29-21-9-11-22(12-10-21)33-14-16-34(17-15-33)28-31-24-13-18-37(35)26(24)27(32-28)30-23-7-4-8-25(23)36-19-20-5-2-1-3-6-20/h1-3,5-6,9-12,23,25H,4,7-8,13-19H2,(H,30,31,32)/t23-,25-,37?/m1/s1. The SMILES string of the molecule is O=S1CCc2nc(N3CCN(c4ccc(Cl)cc4)CC3)nc(N[C@@H]3CCC[C@H]3OCc3ccccc3)c21. The van der Waals surface area contributed by atoms with Crippen LogP contribution in [0.4, 0.5) is 17.5 Å². The zero-order chi connectivity index (χ0) is 25.2. The molecule has 1 aliphatic carbocycles. The third-order valence-electron chi connectivity index (χ3n) is 7.51. The molecule has 194 valence electrons. The summed E-state index contributed by atoms with van der Waals surface area (Å²) in [7, 11) is -1.07. The highest BCUT2D eigenvalue weighted by atomic mass is 35.5. The van der Waals surface area contributed by atoms with Gasteiger partial charge in [-0.15, -0.1) is 0 Å². The van der Waals surface area contributed by atoms with Gasteiger partial charge in [0.15, 0.2) is 0 Å². The van der Waals surface area contributed by atoms with Crippen molar-refractivity contribution >= 4 is 39.9 Å². The second kappa shape index (κ2) is 11.0. The van der Waals surface area contributed by atoms with Crippen LogP contribution in [-0.2, 0) is 28.6 Å². The summed E-state index contributed by atoms with van der Waals surface area (Å²) in [5.74, 6) is 2.08. The van der Waals surface area contributed by atoms with Crippen molar-refractivity contribution in [2.24, 2.45) is 0 Å². The number of nitrogens with zero attached hydrogens (tertiary/aromatic N) is 4. The van der Waals surface area contributed by atoms with Crippen LogP contribution in [0.5, 0.6) is 0 Å². The lowest BCUT2D eigenvalue weighted by molar-refractivity contribution is 0.0393. The topological polar surface area (TPSA) is 70.6 Å². The maximum absolute atomic E-state index is 12.9. The van der Waals surface area contributed by atoms with Gasteiger partial charge in [0, 0.05) is 49.1 Å². The van der Waals surface area contributed by atoms with E-state index in [1.807, 2.05) is 30.3 Å². The predicted molar refractivity (Wildman–Crippen MR) is 149 cm³/mol. The van der Waals surface area contributed by atoms with Gasteiger partial charge in [-0.05, 0) is 49.1 Å². The molecule has 0 bridgehead atoms. The number of halogens is 1. The van der Waals surface area contributed by atoms with Crippen LogP contribution in [0.1, 0.15) is 30.5 Å². The highest BCUT2D eigenvalue weighted by molar-refractivity contribution is 7.85. The van der Waals surface area contributed by atoms with Crippen molar-refractivity contribution in [3.8, 4) is 0 Å². The predicted octanol–water partition coefficient (Wildman–Crippen LogP) is 4.67. The van der Waals surface area contributed by atoms with Gasteiger partial charge in [0.05, 0.1) is 35.2 Å². The Kier molecular flexibility index (Phi) is 7.31. The molecule has 37 heavy (non-hydrogen) atoms. The molecule has 1 aromatic heterocycles. The lowest BCUT2D eigenvalue weighted by atomic mass is 10.2. The fourth-order valence-electron chi connectivity index (χ4n) is 5.48. The molecule has 1 unspecified atom stereocenters. The summed E-state index contributed by atoms with van der Waals surface area (Å²) in [5.41, 5.74) is 3.28. The van der Waals surface area contributed by atoms with E-state index in [2.05, 4.69) is 39.4 Å². The highest BCUT2D eigenvalue weighted by Crippen LogP contribution is 2.33. The largest absolute Gasteiger partial charge is 0.371 e. The average Bonchev–Trinajstić information content (AvgIpc) is 3.54. The molecule has 0 spiro atoms. The molecular formula is C28H32ClN5O2S. The van der Waals surface area contributed by atoms with E-state index in [1.54, 1.807) is 0 Å². The summed E-state index contributed by atoms with van der Waals surface area (Å²) >= 11 is 6.06. The highest BCUT2D eigenvalue weighted by Gasteiger charge is 2.33. The summed E-state index contributed by atoms with van der Waals surface area (Å²) in [5, 5.41) is 4.41. The lowest BCUT2D eigenvalue weighted by Gasteiger charge is -2.36. The molecule has 2 fully saturated rings. The zero-order valence-electron chi connectivity index (χ0n) is 20.8. The van der Waals surface area contributed by atoms with Crippen LogP contribution in [0.15, 0.2) is 59.5 Å². The van der Waals surface area contributed by atoms with Gasteiger partial charge in [0.2, 0.25) is 5.95 Å². The van der Waals surface area contributed by atoms with Gasteiger partial charge in [0.25, 0.3) is 0 Å². The molecule has 1 saturated heterocycles. The molecule has 3 aliphatic rings. The van der Waals surface area contributed by atoms with Crippen molar-refractivity contribution in [3.05, 3.63) is 70.9 Å². The van der Waals surface area contributed by atoms with Crippen molar-refractivity contribution in [1.29, 1.82) is 0 Å². The van der Waals surface area contributed by atoms with Crippen LogP contribution < -0.4 is 15.1 Å². The van der Waals surface area contributed by atoms with Gasteiger partial charge in [-0.2, -0.15) is 4.98 Å². The average molecular weight is 538 g/mol. The van der Waals surface area contributed by atoms with Crippen LogP contribution in [0.3, 0.4) is 0 Å². The summed E-state index contributed by atoms with van der Waals surface area (Å²) in [6.07, 6.45) is 3.97. The molecule has 1 N–H and O–H groups in total. The molecule has 2 aliphatic heterocycles. The van der Waals surface area contributed by atoms with Gasteiger partial charge in [0.1, 0.15) is 10.7 Å². The van der Waals surface area contributed by atoms with E-state index in [-0.39, 0.29) is 12.1 Å². The number of aryl methyl sites for hydroxylation is 1. The van der Waals surface area contributed by atoms with E-state index in [4.69, 9.17) is 26.3 Å². The smallest absolute Gasteiger partial charge is 0.227 e. The number of nitrogens with one attached hydrogen (secondary N) is 1. The Morgan fingerprint density at radius 3 is 2.51 bits per heavy atom. The van der Waals surface area contributed by atoms with Crippen molar-refractivity contribution < 1.29 is 8.95 Å². The zero-order valence-corrected chi connectivity index (χ0v) is 22.4. The van der Waals surface area contributed by atoms with Crippen LogP contribution in [-0.4, -0.2) is 58.3 Å². The number of fused-ring (bicyclic) bond motifs is 1. The number of piperazine rings is 1. The van der Waals surface area contributed by atoms with Crippen molar-refractivity contribution in [3.63, 3.8) is 0 Å². The monoisotopic (exact) mass is 537 g/mol. The number of rotatable bonds is 7. The van der Waals surface area contributed by atoms with E-state index in [1.165, 1.54) is 11.3 Å². The number of hydrogen-bond donors (Lipinski definition) is 1. The van der Waals surface area contributed by atoms with Gasteiger partial charge in [-0.25, -0.2) is 4.98 Å². The third-order valence-corrected chi connectivity index (χ3v) is 9.22. The number of anilines is 3. The Bertz CT molecular complexity index is 1250. The molecule has 0 amide bonds. The quantitative estimate of drug-likeness (QED) is 0.469. The Hall–Kier alpha value is -2.68. The second-order valence-corrected chi connectivity index (χ2v) is 11.9. The van der Waals surface area contributed by atoms with Gasteiger partial charge < -0.3 is 19.9 Å². The van der Waals surface area contributed by atoms with E-state index >= 15 is 0 Å². The summed E-state index contributed by atoms with van der Waals surface area (Å²) < 4.78 is 19.2. The number of hydrogen-bond acceptors (Lipinski definition) is 7. The van der Waals surface area contributed by atoms with Gasteiger partial charge in [-0.1, -0.05) is 41.9 Å².